The van der Waals surface area contributed by atoms with Crippen LogP contribution in [0.4, 0.5) is 0 Å². The minimum atomic E-state index is -1.69. The molecule has 1 unspecified atom stereocenters. The quantitative estimate of drug-likeness (QED) is 0.593. The molecule has 3 aromatic rings. The molecule has 1 aliphatic heterocycles. The number of aromatic nitrogens is 1. The van der Waals surface area contributed by atoms with Gasteiger partial charge in [-0.15, -0.1) is 0 Å². The second-order valence-electron chi connectivity index (χ2n) is 7.33. The summed E-state index contributed by atoms with van der Waals surface area (Å²) in [6.07, 6.45) is 0.777. The number of nitrogens with zero attached hydrogens (tertiary/aromatic N) is 1. The summed E-state index contributed by atoms with van der Waals surface area (Å²) in [6.45, 7) is 0. The Balaban J connectivity index is 1.80. The third-order valence-electron chi connectivity index (χ3n) is 5.92. The van der Waals surface area contributed by atoms with Gasteiger partial charge in [0.15, 0.2) is 11.2 Å². The van der Waals surface area contributed by atoms with E-state index in [-0.39, 0.29) is 5.92 Å². The van der Waals surface area contributed by atoms with Crippen LogP contribution in [0, 0.1) is 0 Å². The molecule has 1 fully saturated rings. The first-order chi connectivity index (χ1) is 13.5. The van der Waals surface area contributed by atoms with Gasteiger partial charge in [-0.1, -0.05) is 70.0 Å². The summed E-state index contributed by atoms with van der Waals surface area (Å²) >= 11 is 9.60. The Morgan fingerprint density at radius 2 is 1.82 bits per heavy atom. The van der Waals surface area contributed by atoms with Crippen LogP contribution in [0.3, 0.4) is 0 Å². The lowest BCUT2D eigenvalue weighted by Crippen LogP contribution is -2.52. The van der Waals surface area contributed by atoms with Crippen LogP contribution in [0.2, 0.25) is 5.02 Å². The van der Waals surface area contributed by atoms with E-state index in [0.29, 0.717) is 22.9 Å². The number of halogens is 2. The summed E-state index contributed by atoms with van der Waals surface area (Å²) in [4.78, 5) is 4.36. The second-order valence-corrected chi connectivity index (χ2v) is 8.68. The van der Waals surface area contributed by atoms with Crippen molar-refractivity contribution < 1.29 is 14.9 Å². The molecular formula is C22H17BrClNO3. The summed E-state index contributed by atoms with van der Waals surface area (Å²) < 4.78 is 7.41. The van der Waals surface area contributed by atoms with E-state index in [1.54, 1.807) is 6.07 Å². The van der Waals surface area contributed by atoms with Crippen LogP contribution in [-0.4, -0.2) is 21.3 Å². The topological polar surface area (TPSA) is 62.6 Å². The zero-order chi connectivity index (χ0) is 19.5. The lowest BCUT2D eigenvalue weighted by atomic mass is 9.72. The Bertz CT molecular complexity index is 1050. The number of pyridine rings is 1. The molecule has 28 heavy (non-hydrogen) atoms. The lowest BCUT2D eigenvalue weighted by Gasteiger charge is -2.40. The number of aliphatic hydroxyl groups excluding tert-OH is 1. The predicted molar refractivity (Wildman–Crippen MR) is 109 cm³/mol. The molecule has 142 valence electrons. The molecule has 2 N–H and O–H groups in total. The average molecular weight is 459 g/mol. The minimum absolute atomic E-state index is 0.275. The highest BCUT2D eigenvalue weighted by molar-refractivity contribution is 9.10. The van der Waals surface area contributed by atoms with Crippen LogP contribution < -0.4 is 4.74 Å². The maximum absolute atomic E-state index is 12.0. The van der Waals surface area contributed by atoms with Crippen molar-refractivity contribution in [3.05, 3.63) is 93.2 Å². The van der Waals surface area contributed by atoms with Crippen molar-refractivity contribution in [2.45, 2.75) is 29.6 Å². The zero-order valence-electron chi connectivity index (χ0n) is 14.7. The van der Waals surface area contributed by atoms with Gasteiger partial charge in [0, 0.05) is 22.7 Å². The largest absolute Gasteiger partial charge is 0.476 e. The predicted octanol–water partition coefficient (Wildman–Crippen LogP) is 4.52. The molecule has 1 aromatic heterocycles. The van der Waals surface area contributed by atoms with E-state index < -0.39 is 17.3 Å². The van der Waals surface area contributed by atoms with Crippen LogP contribution in [0.25, 0.3) is 0 Å². The Morgan fingerprint density at radius 1 is 1.11 bits per heavy atom. The fourth-order valence-electron chi connectivity index (χ4n) is 4.75. The maximum atomic E-state index is 12.0. The molecule has 0 spiro atoms. The summed E-state index contributed by atoms with van der Waals surface area (Å²) in [5.74, 6) is 0.125. The number of rotatable bonds is 2. The van der Waals surface area contributed by atoms with Gasteiger partial charge in [0.05, 0.1) is 11.1 Å². The number of fused-ring (bicyclic) bond motifs is 3. The molecule has 4 atom stereocenters. The molecule has 1 saturated carbocycles. The van der Waals surface area contributed by atoms with Gasteiger partial charge in [-0.05, 0) is 29.7 Å². The molecule has 0 saturated heterocycles. The molecule has 5 rings (SSSR count). The molecule has 0 bridgehead atoms. The number of hydrogen-bond donors (Lipinski definition) is 2. The molecule has 4 nitrogen and oxygen atoms in total. The molecule has 0 radical (unpaired) electrons. The summed E-state index contributed by atoms with van der Waals surface area (Å²) in [7, 11) is 0. The third-order valence-corrected chi connectivity index (χ3v) is 6.66. The fourth-order valence-corrected chi connectivity index (χ4v) is 5.16. The Labute approximate surface area is 175 Å². The van der Waals surface area contributed by atoms with Gasteiger partial charge in [0.1, 0.15) is 11.4 Å². The first kappa shape index (κ1) is 18.1. The highest BCUT2D eigenvalue weighted by Crippen LogP contribution is 2.66. The number of aliphatic hydroxyl groups is 2. The Hall–Kier alpha value is -1.92. The summed E-state index contributed by atoms with van der Waals surface area (Å²) in [6, 6.07) is 19.1. The molecule has 0 amide bonds. The van der Waals surface area contributed by atoms with E-state index in [4.69, 9.17) is 16.3 Å². The second kappa shape index (κ2) is 6.29. The Kier molecular flexibility index (Phi) is 4.07. The van der Waals surface area contributed by atoms with Crippen LogP contribution in [0.1, 0.15) is 29.2 Å². The van der Waals surface area contributed by atoms with Crippen molar-refractivity contribution >= 4 is 27.5 Å². The number of benzene rings is 2. The van der Waals surface area contributed by atoms with Crippen LogP contribution in [0.5, 0.6) is 5.75 Å². The van der Waals surface area contributed by atoms with Gasteiger partial charge in [0.2, 0.25) is 0 Å². The third kappa shape index (κ3) is 2.28. The smallest absolute Gasteiger partial charge is 0.180 e. The summed E-state index contributed by atoms with van der Waals surface area (Å²) in [5.41, 5.74) is -0.821. The van der Waals surface area contributed by atoms with Crippen LogP contribution >= 0.6 is 27.5 Å². The molecule has 2 aromatic carbocycles. The van der Waals surface area contributed by atoms with Crippen molar-refractivity contribution in [2.24, 2.45) is 0 Å². The minimum Gasteiger partial charge on any atom is -0.476 e. The zero-order valence-corrected chi connectivity index (χ0v) is 17.1. The first-order valence-corrected chi connectivity index (χ1v) is 10.2. The van der Waals surface area contributed by atoms with E-state index in [0.717, 1.165) is 15.6 Å². The number of ether oxygens (including phenoxy) is 1. The normalized spacial score (nSPS) is 30.6. The highest BCUT2D eigenvalue weighted by Gasteiger charge is 2.73. The molecule has 2 heterocycles. The van der Waals surface area contributed by atoms with Crippen LogP contribution in [0.15, 0.2) is 71.3 Å². The van der Waals surface area contributed by atoms with Gasteiger partial charge in [-0.3, -0.25) is 4.98 Å². The van der Waals surface area contributed by atoms with E-state index in [1.165, 1.54) is 6.20 Å². The maximum Gasteiger partial charge on any atom is 0.180 e. The van der Waals surface area contributed by atoms with E-state index >= 15 is 0 Å². The molecule has 1 aliphatic carbocycles. The van der Waals surface area contributed by atoms with Crippen molar-refractivity contribution in [2.75, 3.05) is 0 Å². The van der Waals surface area contributed by atoms with Gasteiger partial charge >= 0.3 is 0 Å². The van der Waals surface area contributed by atoms with Crippen molar-refractivity contribution in [3.63, 3.8) is 0 Å². The average Bonchev–Trinajstić information content (AvgIpc) is 3.09. The van der Waals surface area contributed by atoms with Gasteiger partial charge in [-0.2, -0.15) is 0 Å². The van der Waals surface area contributed by atoms with Crippen molar-refractivity contribution in [3.8, 4) is 5.75 Å². The van der Waals surface area contributed by atoms with Gasteiger partial charge in [-0.25, -0.2) is 0 Å². The van der Waals surface area contributed by atoms with Crippen molar-refractivity contribution in [1.82, 2.24) is 4.98 Å². The summed E-state index contributed by atoms with van der Waals surface area (Å²) in [5, 5.41) is 23.4. The van der Waals surface area contributed by atoms with Gasteiger partial charge in [0.25, 0.3) is 0 Å². The van der Waals surface area contributed by atoms with Crippen molar-refractivity contribution in [1.29, 1.82) is 0 Å². The number of hydrogen-bond acceptors (Lipinski definition) is 4. The lowest BCUT2D eigenvalue weighted by molar-refractivity contribution is -0.151. The monoisotopic (exact) mass is 457 g/mol. The van der Waals surface area contributed by atoms with E-state index in [9.17, 15) is 10.2 Å². The molecule has 2 aliphatic rings. The highest BCUT2D eigenvalue weighted by atomic mass is 79.9. The molecular weight excluding hydrogens is 442 g/mol. The van der Waals surface area contributed by atoms with E-state index in [1.807, 2.05) is 54.6 Å². The van der Waals surface area contributed by atoms with E-state index in [2.05, 4.69) is 20.9 Å². The fraction of sp³-hybridized carbons (Fsp3) is 0.227. The first-order valence-electron chi connectivity index (χ1n) is 9.03. The SMILES string of the molecule is OC1C[C@@H](c2ccccc2)[C@]2(c3ccc(Br)cc3)Oc3cc(Cl)cnc3[C@]12O. The van der Waals surface area contributed by atoms with Gasteiger partial charge < -0.3 is 14.9 Å². The Morgan fingerprint density at radius 3 is 2.54 bits per heavy atom. The standard InChI is InChI=1S/C22H17BrClNO3/c23-15-8-6-14(7-9-15)22-17(13-4-2-1-3-5-13)11-19(26)21(22,27)20-18(28-22)10-16(24)12-25-20/h1-10,12,17,19,26-27H,11H2/t17-,19?,21+,22-/m0/s1. The molecule has 6 heteroatoms. The van der Waals surface area contributed by atoms with Crippen LogP contribution in [-0.2, 0) is 11.2 Å².